The molecule has 0 N–H and O–H groups in total. The highest BCUT2D eigenvalue weighted by atomic mass is 16.5. The molecule has 1 aromatic heterocycles. The number of likely N-dealkylation sites (N-methyl/N-ethyl adjacent to an activating group) is 1. The number of nitrogens with zero attached hydrogens (tertiary/aromatic N) is 2. The van der Waals surface area contributed by atoms with Gasteiger partial charge in [-0.2, -0.15) is 0 Å². The van der Waals surface area contributed by atoms with E-state index < -0.39 is 0 Å². The van der Waals surface area contributed by atoms with Gasteiger partial charge >= 0.3 is 0 Å². The highest BCUT2D eigenvalue weighted by Gasteiger charge is 2.11. The zero-order valence-electron chi connectivity index (χ0n) is 11.0. The van der Waals surface area contributed by atoms with Gasteiger partial charge in [0.2, 0.25) is 5.91 Å². The lowest BCUT2D eigenvalue weighted by Gasteiger charge is -2.09. The van der Waals surface area contributed by atoms with Crippen molar-refractivity contribution in [2.24, 2.45) is 0 Å². The van der Waals surface area contributed by atoms with E-state index in [9.17, 15) is 4.79 Å². The lowest BCUT2D eigenvalue weighted by Crippen LogP contribution is -2.19. The Labute approximate surface area is 107 Å². The number of hydrogen-bond acceptors (Lipinski definition) is 3. The molecule has 0 radical (unpaired) electrons. The van der Waals surface area contributed by atoms with E-state index in [1.165, 1.54) is 0 Å². The van der Waals surface area contributed by atoms with Crippen LogP contribution in [0.25, 0.3) is 10.9 Å². The molecule has 0 spiro atoms. The van der Waals surface area contributed by atoms with Crippen molar-refractivity contribution in [2.75, 3.05) is 27.2 Å². The van der Waals surface area contributed by atoms with Gasteiger partial charge in [0.1, 0.15) is 12.4 Å². The van der Waals surface area contributed by atoms with Crippen LogP contribution in [0.1, 0.15) is 11.7 Å². The normalized spacial score (nSPS) is 11.1. The van der Waals surface area contributed by atoms with Gasteiger partial charge in [-0.3, -0.25) is 9.36 Å². The Morgan fingerprint density at radius 1 is 1.33 bits per heavy atom. The summed E-state index contributed by atoms with van der Waals surface area (Å²) in [5, 5.41) is 0.978. The van der Waals surface area contributed by atoms with Crippen molar-refractivity contribution in [3.8, 4) is 5.75 Å². The minimum absolute atomic E-state index is 0.00587. The number of fused-ring (bicyclic) bond motifs is 1. The maximum Gasteiger partial charge on any atom is 0.228 e. The molecule has 0 fully saturated rings. The van der Waals surface area contributed by atoms with E-state index in [1.807, 2.05) is 38.4 Å². The van der Waals surface area contributed by atoms with Crippen molar-refractivity contribution in [1.29, 1.82) is 0 Å². The maximum atomic E-state index is 11.6. The first-order valence-electron chi connectivity index (χ1n) is 5.98. The summed E-state index contributed by atoms with van der Waals surface area (Å²) in [4.78, 5) is 13.6. The number of benzene rings is 1. The molecule has 0 saturated heterocycles. The van der Waals surface area contributed by atoms with Gasteiger partial charge in [0.25, 0.3) is 0 Å². The van der Waals surface area contributed by atoms with Crippen LogP contribution >= 0.6 is 0 Å². The van der Waals surface area contributed by atoms with Crippen LogP contribution in [-0.2, 0) is 0 Å². The first-order valence-corrected chi connectivity index (χ1v) is 5.98. The van der Waals surface area contributed by atoms with Crippen LogP contribution in [0, 0.1) is 0 Å². The average Bonchev–Trinajstić information content (AvgIpc) is 2.68. The Hall–Kier alpha value is -1.81. The first-order chi connectivity index (χ1) is 8.59. The molecule has 1 aromatic carbocycles. The van der Waals surface area contributed by atoms with Crippen molar-refractivity contribution in [3.63, 3.8) is 0 Å². The van der Waals surface area contributed by atoms with Crippen molar-refractivity contribution in [3.05, 3.63) is 30.5 Å². The molecule has 1 heterocycles. The number of rotatable bonds is 4. The molecule has 4 nitrogen and oxygen atoms in total. The summed E-state index contributed by atoms with van der Waals surface area (Å²) in [5.41, 5.74) is 0.893. The van der Waals surface area contributed by atoms with E-state index in [2.05, 4.69) is 4.90 Å². The lowest BCUT2D eigenvalue weighted by atomic mass is 10.2. The summed E-state index contributed by atoms with van der Waals surface area (Å²) >= 11 is 0. The molecule has 0 amide bonds. The molecule has 4 heteroatoms. The summed E-state index contributed by atoms with van der Waals surface area (Å²) in [6.07, 6.45) is 1.77. The second-order valence-corrected chi connectivity index (χ2v) is 4.55. The second-order valence-electron chi connectivity index (χ2n) is 4.55. The maximum absolute atomic E-state index is 11.6. The van der Waals surface area contributed by atoms with Gasteiger partial charge < -0.3 is 9.64 Å². The Morgan fingerprint density at radius 2 is 2.06 bits per heavy atom. The molecular weight excluding hydrogens is 228 g/mol. The number of ether oxygens (including phenoxy) is 1. The van der Waals surface area contributed by atoms with Crippen LogP contribution in [0.5, 0.6) is 5.75 Å². The standard InChI is InChI=1S/C14H18N2O2/c1-11(17)16-10-14(18-9-8-15(2)3)12-6-4-5-7-13(12)16/h4-7,10H,8-9H2,1-3H3. The van der Waals surface area contributed by atoms with Crippen molar-refractivity contribution in [2.45, 2.75) is 6.92 Å². The van der Waals surface area contributed by atoms with E-state index >= 15 is 0 Å². The van der Waals surface area contributed by atoms with Crippen LogP contribution in [0.3, 0.4) is 0 Å². The summed E-state index contributed by atoms with van der Waals surface area (Å²) < 4.78 is 7.37. The third-order valence-corrected chi connectivity index (χ3v) is 2.81. The van der Waals surface area contributed by atoms with Gasteiger partial charge in [-0.05, 0) is 26.2 Å². The van der Waals surface area contributed by atoms with Gasteiger partial charge in [-0.15, -0.1) is 0 Å². The fraction of sp³-hybridized carbons (Fsp3) is 0.357. The molecule has 0 atom stereocenters. The second kappa shape index (κ2) is 5.23. The van der Waals surface area contributed by atoms with E-state index in [1.54, 1.807) is 17.7 Å². The highest BCUT2D eigenvalue weighted by molar-refractivity contribution is 5.95. The van der Waals surface area contributed by atoms with Crippen molar-refractivity contribution in [1.82, 2.24) is 9.47 Å². The Morgan fingerprint density at radius 3 is 2.72 bits per heavy atom. The fourth-order valence-corrected chi connectivity index (χ4v) is 1.86. The average molecular weight is 246 g/mol. The van der Waals surface area contributed by atoms with Crippen LogP contribution in [0.4, 0.5) is 0 Å². The number of hydrogen-bond donors (Lipinski definition) is 0. The van der Waals surface area contributed by atoms with Crippen LogP contribution < -0.4 is 4.74 Å². The molecule has 0 aliphatic carbocycles. The Bertz CT molecular complexity index is 558. The Balaban J connectivity index is 2.30. The fourth-order valence-electron chi connectivity index (χ4n) is 1.86. The molecule has 18 heavy (non-hydrogen) atoms. The number of aromatic nitrogens is 1. The monoisotopic (exact) mass is 246 g/mol. The van der Waals surface area contributed by atoms with Crippen LogP contribution in [0.2, 0.25) is 0 Å². The van der Waals surface area contributed by atoms with Crippen LogP contribution in [-0.4, -0.2) is 42.6 Å². The van der Waals surface area contributed by atoms with Gasteiger partial charge in [-0.1, -0.05) is 12.1 Å². The van der Waals surface area contributed by atoms with E-state index in [-0.39, 0.29) is 5.91 Å². The smallest absolute Gasteiger partial charge is 0.228 e. The largest absolute Gasteiger partial charge is 0.490 e. The molecule has 0 saturated carbocycles. The minimum Gasteiger partial charge on any atom is -0.490 e. The Kier molecular flexibility index (Phi) is 3.67. The number of carbonyl (C=O) groups excluding carboxylic acids is 1. The topological polar surface area (TPSA) is 34.5 Å². The molecule has 2 rings (SSSR count). The summed E-state index contributed by atoms with van der Waals surface area (Å²) in [5.74, 6) is 0.760. The van der Waals surface area contributed by atoms with E-state index in [4.69, 9.17) is 4.74 Å². The molecule has 2 aromatic rings. The molecular formula is C14H18N2O2. The summed E-state index contributed by atoms with van der Waals surface area (Å²) in [7, 11) is 4.00. The first kappa shape index (κ1) is 12.6. The zero-order valence-corrected chi connectivity index (χ0v) is 11.0. The van der Waals surface area contributed by atoms with Gasteiger partial charge in [0.05, 0.1) is 11.7 Å². The minimum atomic E-state index is -0.00587. The predicted octanol–water partition coefficient (Wildman–Crippen LogP) is 2.24. The third-order valence-electron chi connectivity index (χ3n) is 2.81. The number of para-hydroxylation sites is 1. The SMILES string of the molecule is CC(=O)n1cc(OCCN(C)C)c2ccccc21. The zero-order chi connectivity index (χ0) is 13.1. The summed E-state index contributed by atoms with van der Waals surface area (Å²) in [6.45, 7) is 3.01. The van der Waals surface area contributed by atoms with Gasteiger partial charge in [-0.25, -0.2) is 0 Å². The van der Waals surface area contributed by atoms with Crippen molar-refractivity contribution >= 4 is 16.8 Å². The van der Waals surface area contributed by atoms with E-state index in [0.29, 0.717) is 6.61 Å². The predicted molar refractivity (Wildman–Crippen MR) is 72.3 cm³/mol. The van der Waals surface area contributed by atoms with Crippen molar-refractivity contribution < 1.29 is 9.53 Å². The van der Waals surface area contributed by atoms with Gasteiger partial charge in [0, 0.05) is 18.9 Å². The molecule has 0 aliphatic rings. The molecule has 96 valence electrons. The molecule has 0 bridgehead atoms. The van der Waals surface area contributed by atoms with E-state index in [0.717, 1.165) is 23.2 Å². The van der Waals surface area contributed by atoms with Gasteiger partial charge in [0.15, 0.2) is 0 Å². The van der Waals surface area contributed by atoms with Crippen LogP contribution in [0.15, 0.2) is 30.5 Å². The third kappa shape index (κ3) is 2.54. The number of carbonyl (C=O) groups is 1. The quantitative estimate of drug-likeness (QED) is 0.829. The lowest BCUT2D eigenvalue weighted by molar-refractivity contribution is 0.0941. The highest BCUT2D eigenvalue weighted by Crippen LogP contribution is 2.27. The molecule has 0 aliphatic heterocycles. The molecule has 0 unspecified atom stereocenters. The summed E-state index contributed by atoms with van der Waals surface area (Å²) in [6, 6.07) is 7.77.